The van der Waals surface area contributed by atoms with Crippen LogP contribution in [-0.2, 0) is 21.1 Å². The number of amides is 1. The lowest BCUT2D eigenvalue weighted by Crippen LogP contribution is -2.11. The lowest BCUT2D eigenvalue weighted by atomic mass is 10.0. The van der Waals surface area contributed by atoms with Crippen molar-refractivity contribution in [1.82, 2.24) is 30.1 Å². The highest BCUT2D eigenvalue weighted by Gasteiger charge is 2.17. The molecule has 0 atom stereocenters. The van der Waals surface area contributed by atoms with Crippen molar-refractivity contribution in [2.45, 2.75) is 32.6 Å². The number of benzene rings is 2. The minimum atomic E-state index is -3.20. The van der Waals surface area contributed by atoms with Crippen molar-refractivity contribution in [1.29, 1.82) is 0 Å². The Bertz CT molecular complexity index is 2120. The summed E-state index contributed by atoms with van der Waals surface area (Å²) in [5.74, 6) is -0.0924. The molecule has 44 heavy (non-hydrogen) atoms. The molecule has 0 unspecified atom stereocenters. The van der Waals surface area contributed by atoms with Crippen LogP contribution in [0.5, 0.6) is 0 Å². The molecule has 0 aliphatic rings. The highest BCUT2D eigenvalue weighted by atomic mass is 32.2. The molecule has 6 aromatic rings. The van der Waals surface area contributed by atoms with E-state index in [9.17, 15) is 17.6 Å². The monoisotopic (exact) mass is 611 g/mol. The van der Waals surface area contributed by atoms with E-state index in [1.807, 2.05) is 31.2 Å². The van der Waals surface area contributed by atoms with Crippen LogP contribution in [0.4, 0.5) is 10.1 Å². The van der Waals surface area contributed by atoms with Crippen LogP contribution in [0.3, 0.4) is 0 Å². The van der Waals surface area contributed by atoms with Crippen molar-refractivity contribution in [2.75, 3.05) is 17.3 Å². The molecule has 224 valence electrons. The molecular formula is C32H30FN7O3S. The van der Waals surface area contributed by atoms with Crippen LogP contribution in [-0.4, -0.2) is 56.5 Å². The molecule has 0 saturated carbocycles. The number of hydrogen-bond acceptors (Lipinski definition) is 7. The van der Waals surface area contributed by atoms with Crippen LogP contribution >= 0.6 is 0 Å². The lowest BCUT2D eigenvalue weighted by Gasteiger charge is -2.07. The number of anilines is 1. The number of nitrogens with zero attached hydrogens (tertiary/aromatic N) is 4. The van der Waals surface area contributed by atoms with Gasteiger partial charge in [-0.3, -0.25) is 14.9 Å². The average Bonchev–Trinajstić information content (AvgIpc) is 3.62. The molecule has 0 bridgehead atoms. The largest absolute Gasteiger partial charge is 0.335 e. The first-order valence-corrected chi connectivity index (χ1v) is 16.3. The van der Waals surface area contributed by atoms with Gasteiger partial charge in [0.15, 0.2) is 11.5 Å². The van der Waals surface area contributed by atoms with Gasteiger partial charge in [0, 0.05) is 41.6 Å². The van der Waals surface area contributed by atoms with Gasteiger partial charge in [-0.25, -0.2) is 22.8 Å². The third-order valence-electron chi connectivity index (χ3n) is 7.32. The fourth-order valence-electron chi connectivity index (χ4n) is 5.12. The zero-order valence-electron chi connectivity index (χ0n) is 24.2. The number of sulfone groups is 1. The molecule has 6 rings (SSSR count). The van der Waals surface area contributed by atoms with Gasteiger partial charge in [0.25, 0.3) is 0 Å². The van der Waals surface area contributed by atoms with Crippen molar-refractivity contribution < 1.29 is 17.6 Å². The van der Waals surface area contributed by atoms with Crippen molar-refractivity contribution in [3.05, 3.63) is 78.5 Å². The van der Waals surface area contributed by atoms with E-state index in [1.54, 1.807) is 30.7 Å². The molecule has 0 aliphatic carbocycles. The summed E-state index contributed by atoms with van der Waals surface area (Å²) in [7, 11) is -3.20. The lowest BCUT2D eigenvalue weighted by molar-refractivity contribution is -0.116. The van der Waals surface area contributed by atoms with E-state index in [0.29, 0.717) is 51.5 Å². The Labute approximate surface area is 253 Å². The summed E-state index contributed by atoms with van der Waals surface area (Å²) in [4.78, 5) is 29.0. The number of H-pyrrole nitrogens is 2. The molecule has 0 spiro atoms. The van der Waals surface area contributed by atoms with Crippen LogP contribution < -0.4 is 5.32 Å². The highest BCUT2D eigenvalue weighted by molar-refractivity contribution is 7.90. The number of carbonyl (C=O) groups excluding carboxylic acids is 1. The van der Waals surface area contributed by atoms with Crippen molar-refractivity contribution >= 4 is 43.5 Å². The first-order chi connectivity index (χ1) is 21.2. The first-order valence-electron chi connectivity index (χ1n) is 14.2. The zero-order chi connectivity index (χ0) is 30.8. The van der Waals surface area contributed by atoms with Gasteiger partial charge >= 0.3 is 0 Å². The minimum absolute atomic E-state index is 0.0420. The summed E-state index contributed by atoms with van der Waals surface area (Å²) < 4.78 is 38.0. The van der Waals surface area contributed by atoms with E-state index in [-0.39, 0.29) is 18.1 Å². The molecule has 0 aliphatic heterocycles. The summed E-state index contributed by atoms with van der Waals surface area (Å²) in [5.41, 5.74) is 6.60. The molecule has 2 aromatic carbocycles. The number of hydrogen-bond donors (Lipinski definition) is 3. The summed E-state index contributed by atoms with van der Waals surface area (Å²) in [6.07, 6.45) is 8.57. The van der Waals surface area contributed by atoms with Gasteiger partial charge < -0.3 is 10.3 Å². The van der Waals surface area contributed by atoms with Gasteiger partial charge in [0.05, 0.1) is 28.7 Å². The fourth-order valence-corrected chi connectivity index (χ4v) is 5.72. The van der Waals surface area contributed by atoms with E-state index >= 15 is 0 Å². The topological polar surface area (TPSA) is 146 Å². The Morgan fingerprint density at radius 3 is 2.70 bits per heavy atom. The van der Waals surface area contributed by atoms with Crippen LogP contribution in [0.15, 0.2) is 67.1 Å². The minimum Gasteiger partial charge on any atom is -0.335 e. The van der Waals surface area contributed by atoms with Gasteiger partial charge in [-0.15, -0.1) is 0 Å². The first kappa shape index (κ1) is 29.1. The number of pyridine rings is 2. The standard InChI is InChI=1S/C32H30FN7O3S/c1-3-4-5-28(41)36-24-15-22(17-34-18-24)20-6-7-27-26(16-20)30(40-39-27)32-37-29-25(8-10-35-31(29)38-32)21-12-19(13-23(33)14-21)9-11-44(2,42)43/h6-8,10,12-18H,3-5,9,11H2,1-2H3,(H,36,41)(H,39,40)(H,35,37,38). The number of fused-ring (bicyclic) bond motifs is 2. The quantitative estimate of drug-likeness (QED) is 0.170. The Balaban J connectivity index is 1.35. The molecule has 0 radical (unpaired) electrons. The van der Waals surface area contributed by atoms with E-state index < -0.39 is 15.7 Å². The summed E-state index contributed by atoms with van der Waals surface area (Å²) in [5, 5.41) is 11.3. The molecule has 10 nitrogen and oxygen atoms in total. The normalized spacial score (nSPS) is 11.8. The highest BCUT2D eigenvalue weighted by Crippen LogP contribution is 2.33. The van der Waals surface area contributed by atoms with E-state index in [1.165, 1.54) is 12.1 Å². The number of aromatic amines is 2. The van der Waals surface area contributed by atoms with E-state index in [2.05, 4.69) is 30.5 Å². The van der Waals surface area contributed by atoms with Gasteiger partial charge in [0.1, 0.15) is 21.3 Å². The summed E-state index contributed by atoms with van der Waals surface area (Å²) >= 11 is 0. The molecule has 0 saturated heterocycles. The van der Waals surface area contributed by atoms with E-state index in [4.69, 9.17) is 4.98 Å². The van der Waals surface area contributed by atoms with Crippen LogP contribution in [0, 0.1) is 5.82 Å². The van der Waals surface area contributed by atoms with Crippen molar-refractivity contribution in [2.24, 2.45) is 0 Å². The van der Waals surface area contributed by atoms with Gasteiger partial charge in [0.2, 0.25) is 5.91 Å². The predicted molar refractivity (Wildman–Crippen MR) is 169 cm³/mol. The maximum absolute atomic E-state index is 14.6. The van der Waals surface area contributed by atoms with Gasteiger partial charge in [-0.2, -0.15) is 5.10 Å². The third kappa shape index (κ3) is 6.35. The van der Waals surface area contributed by atoms with Crippen molar-refractivity contribution in [3.8, 4) is 33.8 Å². The number of carbonyl (C=O) groups is 1. The van der Waals surface area contributed by atoms with Crippen LogP contribution in [0.2, 0.25) is 0 Å². The maximum Gasteiger partial charge on any atom is 0.224 e. The number of rotatable bonds is 10. The number of imidazole rings is 1. The molecular weight excluding hydrogens is 581 g/mol. The molecule has 1 amide bonds. The average molecular weight is 612 g/mol. The van der Waals surface area contributed by atoms with E-state index in [0.717, 1.165) is 41.1 Å². The SMILES string of the molecule is CCCCC(=O)Nc1cncc(-c2ccc3[nH]nc(-c4nc5nccc(-c6cc(F)cc(CCS(C)(=O)=O)c6)c5[nH]4)c3c2)c1. The second-order valence-electron chi connectivity index (χ2n) is 10.8. The predicted octanol–water partition coefficient (Wildman–Crippen LogP) is 6.09. The van der Waals surface area contributed by atoms with Crippen molar-refractivity contribution in [3.63, 3.8) is 0 Å². The van der Waals surface area contributed by atoms with Crippen LogP contribution in [0.1, 0.15) is 31.7 Å². The number of nitrogens with one attached hydrogen (secondary N) is 3. The number of unbranched alkanes of at least 4 members (excludes halogenated alkanes) is 1. The molecule has 3 N–H and O–H groups in total. The number of aromatic nitrogens is 6. The number of halogens is 1. The smallest absolute Gasteiger partial charge is 0.224 e. The van der Waals surface area contributed by atoms with Gasteiger partial charge in [-0.05, 0) is 65.9 Å². The second kappa shape index (κ2) is 12.0. The molecule has 12 heteroatoms. The zero-order valence-corrected chi connectivity index (χ0v) is 25.0. The maximum atomic E-state index is 14.6. The Morgan fingerprint density at radius 1 is 1.02 bits per heavy atom. The molecule has 0 fully saturated rings. The third-order valence-corrected chi connectivity index (χ3v) is 8.27. The summed E-state index contributed by atoms with van der Waals surface area (Å²) in [6, 6.07) is 14.1. The second-order valence-corrected chi connectivity index (χ2v) is 13.1. The molecule has 4 heterocycles. The Morgan fingerprint density at radius 2 is 1.89 bits per heavy atom. The van der Waals surface area contributed by atoms with Crippen LogP contribution in [0.25, 0.3) is 55.8 Å². The Kier molecular flexibility index (Phi) is 7.92. The molecule has 4 aromatic heterocycles. The van der Waals surface area contributed by atoms with Gasteiger partial charge in [-0.1, -0.05) is 25.5 Å². The summed E-state index contributed by atoms with van der Waals surface area (Å²) in [6.45, 7) is 2.04. The number of aryl methyl sites for hydroxylation is 1. The Hall–Kier alpha value is -4.97. The fraction of sp³-hybridized carbons (Fsp3) is 0.219.